The zero-order valence-electron chi connectivity index (χ0n) is 16.3. The van der Waals surface area contributed by atoms with Crippen molar-refractivity contribution in [1.82, 2.24) is 15.2 Å². The molecule has 1 N–H and O–H groups in total. The lowest BCUT2D eigenvalue weighted by atomic mass is 9.92. The van der Waals surface area contributed by atoms with Crippen LogP contribution in [0.1, 0.15) is 55.6 Å². The van der Waals surface area contributed by atoms with Gasteiger partial charge in [-0.3, -0.25) is 4.98 Å². The molecule has 0 unspecified atom stereocenters. The number of furan rings is 1. The third-order valence-electron chi connectivity index (χ3n) is 6.08. The topological polar surface area (TPSA) is 41.3 Å². The van der Waals surface area contributed by atoms with Crippen molar-refractivity contribution in [2.45, 2.75) is 50.2 Å². The van der Waals surface area contributed by atoms with Crippen LogP contribution < -0.4 is 5.32 Å². The summed E-state index contributed by atoms with van der Waals surface area (Å²) in [6.45, 7) is 0. The number of aromatic nitrogens is 1. The molecule has 2 atom stereocenters. The minimum atomic E-state index is -0.0135. The van der Waals surface area contributed by atoms with Gasteiger partial charge in [0.05, 0.1) is 11.7 Å². The van der Waals surface area contributed by atoms with E-state index in [4.69, 9.17) is 16.6 Å². The normalized spacial score (nSPS) is 22.6. The number of thiocarbonyl (C=S) groups is 1. The Bertz CT molecular complexity index is 966. The van der Waals surface area contributed by atoms with Gasteiger partial charge in [-0.2, -0.15) is 0 Å². The zero-order valence-corrected chi connectivity index (χ0v) is 17.1. The molecule has 0 bridgehead atoms. The molecule has 3 aromatic rings. The van der Waals surface area contributed by atoms with Gasteiger partial charge in [-0.1, -0.05) is 55.7 Å². The average Bonchev–Trinajstić information content (AvgIpc) is 3.40. The molecule has 1 saturated carbocycles. The molecule has 0 spiro atoms. The second-order valence-corrected chi connectivity index (χ2v) is 8.28. The molecule has 1 aliphatic heterocycles. The van der Waals surface area contributed by atoms with E-state index >= 15 is 0 Å². The molecule has 2 aliphatic rings. The van der Waals surface area contributed by atoms with Crippen LogP contribution in [0, 0.1) is 0 Å². The molecule has 2 aromatic heterocycles. The van der Waals surface area contributed by atoms with Gasteiger partial charge in [-0.05, 0) is 49.3 Å². The first-order valence-electron chi connectivity index (χ1n) is 10.5. The number of rotatable bonds is 4. The molecule has 0 radical (unpaired) electrons. The predicted octanol–water partition coefficient (Wildman–Crippen LogP) is 5.65. The van der Waals surface area contributed by atoms with Crippen molar-refractivity contribution in [3.63, 3.8) is 0 Å². The second-order valence-electron chi connectivity index (χ2n) is 7.89. The standard InChI is InChI=1S/C24H25N3OS/c29-24-26-22(19-13-7-8-16-25-19)23(27(24)18-11-5-2-6-12-18)21-15-14-20(28-21)17-9-3-1-4-10-17/h1,3-4,7-10,13-16,18,22-23H,2,5-6,11-12H2,(H,26,29)/t22-,23-/m1/s1. The van der Waals surface area contributed by atoms with Crippen LogP contribution in [0.3, 0.4) is 0 Å². The molecule has 0 amide bonds. The lowest BCUT2D eigenvalue weighted by Gasteiger charge is -2.36. The Hall–Kier alpha value is -2.66. The molecule has 1 aliphatic carbocycles. The highest BCUT2D eigenvalue weighted by atomic mass is 32.1. The van der Waals surface area contributed by atoms with E-state index in [2.05, 4.69) is 45.5 Å². The van der Waals surface area contributed by atoms with Gasteiger partial charge in [-0.15, -0.1) is 0 Å². The summed E-state index contributed by atoms with van der Waals surface area (Å²) < 4.78 is 6.41. The summed E-state index contributed by atoms with van der Waals surface area (Å²) in [5, 5.41) is 4.37. The fourth-order valence-electron chi connectivity index (χ4n) is 4.69. The Balaban J connectivity index is 1.54. The van der Waals surface area contributed by atoms with Crippen LogP contribution in [0.25, 0.3) is 11.3 Å². The van der Waals surface area contributed by atoms with Gasteiger partial charge in [-0.25, -0.2) is 0 Å². The van der Waals surface area contributed by atoms with Crippen LogP contribution in [0.5, 0.6) is 0 Å². The number of hydrogen-bond acceptors (Lipinski definition) is 3. The van der Waals surface area contributed by atoms with Crippen LogP contribution in [0.2, 0.25) is 0 Å². The Morgan fingerprint density at radius 3 is 2.48 bits per heavy atom. The zero-order chi connectivity index (χ0) is 19.6. The molecule has 5 rings (SSSR count). The first-order valence-corrected chi connectivity index (χ1v) is 10.9. The van der Waals surface area contributed by atoms with Gasteiger partial charge >= 0.3 is 0 Å². The highest BCUT2D eigenvalue weighted by Crippen LogP contribution is 2.43. The van der Waals surface area contributed by atoms with Gasteiger partial charge in [0.2, 0.25) is 0 Å². The first kappa shape index (κ1) is 18.4. The maximum Gasteiger partial charge on any atom is 0.170 e. The Labute approximate surface area is 177 Å². The van der Waals surface area contributed by atoms with E-state index in [0.29, 0.717) is 6.04 Å². The summed E-state index contributed by atoms with van der Waals surface area (Å²) in [6.07, 6.45) is 8.05. The summed E-state index contributed by atoms with van der Waals surface area (Å²) in [5.41, 5.74) is 2.08. The van der Waals surface area contributed by atoms with Crippen LogP contribution >= 0.6 is 12.2 Å². The Morgan fingerprint density at radius 1 is 0.931 bits per heavy atom. The van der Waals surface area contributed by atoms with E-state index in [-0.39, 0.29) is 12.1 Å². The van der Waals surface area contributed by atoms with E-state index in [1.807, 2.05) is 36.5 Å². The third-order valence-corrected chi connectivity index (χ3v) is 6.41. The van der Waals surface area contributed by atoms with Gasteiger partial charge in [0.1, 0.15) is 17.6 Å². The number of benzene rings is 1. The SMILES string of the molecule is S=C1N[C@H](c2ccccn2)[C@@H](c2ccc(-c3ccccc3)o2)N1C1CCCCC1. The highest BCUT2D eigenvalue weighted by molar-refractivity contribution is 7.80. The second kappa shape index (κ2) is 7.99. The van der Waals surface area contributed by atoms with Gasteiger partial charge < -0.3 is 14.6 Å². The summed E-state index contributed by atoms with van der Waals surface area (Å²) in [6, 6.07) is 20.9. The summed E-state index contributed by atoms with van der Waals surface area (Å²) >= 11 is 5.82. The van der Waals surface area contributed by atoms with E-state index in [1.165, 1.54) is 32.1 Å². The van der Waals surface area contributed by atoms with Crippen molar-refractivity contribution >= 4 is 17.3 Å². The number of pyridine rings is 1. The minimum Gasteiger partial charge on any atom is -0.459 e. The molecule has 2 fully saturated rings. The van der Waals surface area contributed by atoms with E-state index in [0.717, 1.165) is 27.9 Å². The van der Waals surface area contributed by atoms with Crippen LogP contribution in [-0.2, 0) is 0 Å². The average molecular weight is 404 g/mol. The summed E-state index contributed by atoms with van der Waals surface area (Å²) in [5.74, 6) is 1.83. The van der Waals surface area contributed by atoms with Crippen molar-refractivity contribution in [3.8, 4) is 11.3 Å². The largest absolute Gasteiger partial charge is 0.459 e. The fourth-order valence-corrected chi connectivity index (χ4v) is 5.08. The molecular formula is C24H25N3OS. The monoisotopic (exact) mass is 403 g/mol. The molecule has 4 nitrogen and oxygen atoms in total. The lowest BCUT2D eigenvalue weighted by Crippen LogP contribution is -2.40. The van der Waals surface area contributed by atoms with Crippen LogP contribution in [0.15, 0.2) is 71.3 Å². The van der Waals surface area contributed by atoms with E-state index in [9.17, 15) is 0 Å². The van der Waals surface area contributed by atoms with Gasteiger partial charge in [0.25, 0.3) is 0 Å². The number of nitrogens with zero attached hydrogens (tertiary/aromatic N) is 2. The maximum atomic E-state index is 6.41. The smallest absolute Gasteiger partial charge is 0.170 e. The van der Waals surface area contributed by atoms with Crippen molar-refractivity contribution < 1.29 is 4.42 Å². The molecule has 29 heavy (non-hydrogen) atoms. The Morgan fingerprint density at radius 2 is 1.72 bits per heavy atom. The van der Waals surface area contributed by atoms with Crippen molar-refractivity contribution in [2.24, 2.45) is 0 Å². The highest BCUT2D eigenvalue weighted by Gasteiger charge is 2.44. The van der Waals surface area contributed by atoms with Crippen molar-refractivity contribution in [3.05, 3.63) is 78.3 Å². The van der Waals surface area contributed by atoms with Crippen molar-refractivity contribution in [2.75, 3.05) is 0 Å². The molecular weight excluding hydrogens is 378 g/mol. The molecule has 1 saturated heterocycles. The molecule has 3 heterocycles. The fraction of sp³-hybridized carbons (Fsp3) is 0.333. The van der Waals surface area contributed by atoms with Crippen LogP contribution in [-0.4, -0.2) is 21.0 Å². The quantitative estimate of drug-likeness (QED) is 0.570. The maximum absolute atomic E-state index is 6.41. The van der Waals surface area contributed by atoms with E-state index < -0.39 is 0 Å². The summed E-state index contributed by atoms with van der Waals surface area (Å²) in [4.78, 5) is 7.02. The van der Waals surface area contributed by atoms with Crippen molar-refractivity contribution in [1.29, 1.82) is 0 Å². The van der Waals surface area contributed by atoms with Crippen LogP contribution in [0.4, 0.5) is 0 Å². The lowest BCUT2D eigenvalue weighted by molar-refractivity contribution is 0.179. The number of hydrogen-bond donors (Lipinski definition) is 1. The predicted molar refractivity (Wildman–Crippen MR) is 118 cm³/mol. The number of nitrogens with one attached hydrogen (secondary N) is 1. The molecule has 148 valence electrons. The Kier molecular flexibility index (Phi) is 5.06. The summed E-state index contributed by atoms with van der Waals surface area (Å²) in [7, 11) is 0. The minimum absolute atomic E-state index is 0.0120. The van der Waals surface area contributed by atoms with E-state index in [1.54, 1.807) is 0 Å². The first-order chi connectivity index (χ1) is 14.3. The van der Waals surface area contributed by atoms with Gasteiger partial charge in [0.15, 0.2) is 5.11 Å². The van der Waals surface area contributed by atoms with Gasteiger partial charge in [0, 0.05) is 17.8 Å². The molecule has 5 heteroatoms. The molecule has 1 aromatic carbocycles. The third kappa shape index (κ3) is 3.55.